The molecule has 4 nitrogen and oxygen atoms in total. The number of ketones is 1. The molecule has 0 radical (unpaired) electrons. The third-order valence-corrected chi connectivity index (χ3v) is 3.42. The molecule has 1 aromatic rings. The summed E-state index contributed by atoms with van der Waals surface area (Å²) in [4.78, 5) is 14.3. The van der Waals surface area contributed by atoms with Crippen molar-refractivity contribution in [1.29, 1.82) is 0 Å². The second-order valence-electron chi connectivity index (χ2n) is 4.59. The topological polar surface area (TPSA) is 45.5 Å². The lowest BCUT2D eigenvalue weighted by Gasteiger charge is -2.29. The Balaban J connectivity index is 2.71. The first-order valence-corrected chi connectivity index (χ1v) is 6.63. The maximum atomic E-state index is 12.2. The van der Waals surface area contributed by atoms with Gasteiger partial charge in [0, 0.05) is 25.8 Å². The van der Waals surface area contributed by atoms with Crippen molar-refractivity contribution in [3.05, 3.63) is 24.0 Å². The minimum atomic E-state index is 0.0942. The molecule has 1 N–H and O–H groups in total. The number of hydrogen-bond acceptors (Lipinski definition) is 3. The van der Waals surface area contributed by atoms with Gasteiger partial charge in [-0.1, -0.05) is 13.8 Å². The number of carbonyl (C=O) groups excluding carboxylic acids is 1. The van der Waals surface area contributed by atoms with E-state index in [-0.39, 0.29) is 12.4 Å². The fourth-order valence-corrected chi connectivity index (χ4v) is 2.34. The van der Waals surface area contributed by atoms with Gasteiger partial charge in [0.2, 0.25) is 0 Å². The van der Waals surface area contributed by atoms with Crippen molar-refractivity contribution < 1.29 is 9.90 Å². The number of aryl methyl sites for hydroxylation is 1. The van der Waals surface area contributed by atoms with Crippen LogP contribution in [0.25, 0.3) is 0 Å². The Bertz CT molecular complexity index is 370. The molecule has 0 saturated heterocycles. The molecular weight excluding hydrogens is 228 g/mol. The Kier molecular flexibility index (Phi) is 6.09. The zero-order valence-electron chi connectivity index (χ0n) is 11.6. The van der Waals surface area contributed by atoms with Gasteiger partial charge < -0.3 is 9.67 Å². The highest BCUT2D eigenvalue weighted by Crippen LogP contribution is 2.10. The van der Waals surface area contributed by atoms with Gasteiger partial charge >= 0.3 is 0 Å². The maximum Gasteiger partial charge on any atom is 0.193 e. The average Bonchev–Trinajstić information content (AvgIpc) is 2.77. The zero-order valence-corrected chi connectivity index (χ0v) is 11.6. The van der Waals surface area contributed by atoms with Crippen molar-refractivity contribution in [2.45, 2.75) is 32.7 Å². The summed E-state index contributed by atoms with van der Waals surface area (Å²) in [5.74, 6) is 0.114. The van der Waals surface area contributed by atoms with Crippen LogP contribution in [0.4, 0.5) is 0 Å². The van der Waals surface area contributed by atoms with Crippen LogP contribution in [0.5, 0.6) is 0 Å². The lowest BCUT2D eigenvalue weighted by Crippen LogP contribution is -2.40. The van der Waals surface area contributed by atoms with Gasteiger partial charge in [-0.25, -0.2) is 0 Å². The molecule has 0 aliphatic heterocycles. The van der Waals surface area contributed by atoms with E-state index in [0.717, 1.165) is 18.5 Å². The lowest BCUT2D eigenvalue weighted by atomic mass is 10.1. The molecule has 0 atom stereocenters. The van der Waals surface area contributed by atoms with Gasteiger partial charge in [0.25, 0.3) is 0 Å². The van der Waals surface area contributed by atoms with E-state index < -0.39 is 0 Å². The third kappa shape index (κ3) is 3.68. The van der Waals surface area contributed by atoms with E-state index in [9.17, 15) is 4.79 Å². The molecule has 0 spiro atoms. The molecule has 0 unspecified atom stereocenters. The largest absolute Gasteiger partial charge is 0.395 e. The smallest absolute Gasteiger partial charge is 0.193 e. The third-order valence-electron chi connectivity index (χ3n) is 3.42. The molecule has 0 saturated carbocycles. The summed E-state index contributed by atoms with van der Waals surface area (Å²) in [6.45, 7) is 5.27. The summed E-state index contributed by atoms with van der Waals surface area (Å²) in [5, 5.41) is 9.12. The molecule has 0 aromatic carbocycles. The standard InChI is InChI=1S/C14H24N2O2/c1-4-12(5-2)16(9-10-17)11-14(18)13-7-6-8-15(13)3/h6-8,12,17H,4-5,9-11H2,1-3H3. The molecule has 0 aliphatic rings. The number of aliphatic hydroxyl groups excluding tert-OH is 1. The summed E-state index contributed by atoms with van der Waals surface area (Å²) >= 11 is 0. The van der Waals surface area contributed by atoms with Gasteiger partial charge in [0.1, 0.15) is 0 Å². The van der Waals surface area contributed by atoms with E-state index in [1.165, 1.54) is 0 Å². The Morgan fingerprint density at radius 3 is 2.56 bits per heavy atom. The summed E-state index contributed by atoms with van der Waals surface area (Å²) < 4.78 is 1.84. The molecule has 0 fully saturated rings. The number of carbonyl (C=O) groups is 1. The van der Waals surface area contributed by atoms with E-state index in [0.29, 0.717) is 19.1 Å². The Hall–Kier alpha value is -1.13. The monoisotopic (exact) mass is 252 g/mol. The summed E-state index contributed by atoms with van der Waals surface area (Å²) in [6, 6.07) is 4.08. The molecule has 1 rings (SSSR count). The first-order valence-electron chi connectivity index (χ1n) is 6.63. The minimum Gasteiger partial charge on any atom is -0.395 e. The summed E-state index contributed by atoms with van der Waals surface area (Å²) in [5.41, 5.74) is 0.726. The second kappa shape index (κ2) is 7.34. The molecule has 0 aliphatic carbocycles. The first-order chi connectivity index (χ1) is 8.63. The summed E-state index contributed by atoms with van der Waals surface area (Å²) in [7, 11) is 1.88. The van der Waals surface area contributed by atoms with E-state index >= 15 is 0 Å². The first kappa shape index (κ1) is 14.9. The predicted molar refractivity (Wildman–Crippen MR) is 72.8 cm³/mol. The van der Waals surface area contributed by atoms with Crippen molar-refractivity contribution in [1.82, 2.24) is 9.47 Å². The van der Waals surface area contributed by atoms with Gasteiger partial charge in [-0.3, -0.25) is 9.69 Å². The van der Waals surface area contributed by atoms with Gasteiger partial charge in [-0.2, -0.15) is 0 Å². The zero-order chi connectivity index (χ0) is 13.5. The highest BCUT2D eigenvalue weighted by atomic mass is 16.3. The van der Waals surface area contributed by atoms with Crippen LogP contribution in [0.1, 0.15) is 37.2 Å². The van der Waals surface area contributed by atoms with Crippen LogP contribution in [-0.4, -0.2) is 46.1 Å². The van der Waals surface area contributed by atoms with E-state index in [2.05, 4.69) is 18.7 Å². The minimum absolute atomic E-state index is 0.0942. The number of nitrogens with zero attached hydrogens (tertiary/aromatic N) is 2. The Morgan fingerprint density at radius 2 is 2.11 bits per heavy atom. The molecule has 0 amide bonds. The normalized spacial score (nSPS) is 11.4. The predicted octanol–water partition coefficient (Wildman–Crippen LogP) is 1.69. The highest BCUT2D eigenvalue weighted by molar-refractivity contribution is 5.96. The van der Waals surface area contributed by atoms with Crippen LogP contribution in [0.3, 0.4) is 0 Å². The SMILES string of the molecule is CCC(CC)N(CCO)CC(=O)c1cccn1C. The molecule has 0 bridgehead atoms. The van der Waals surface area contributed by atoms with E-state index in [1.54, 1.807) is 0 Å². The van der Waals surface area contributed by atoms with Crippen LogP contribution in [-0.2, 0) is 7.05 Å². The quantitative estimate of drug-likeness (QED) is 0.716. The fraction of sp³-hybridized carbons (Fsp3) is 0.643. The second-order valence-corrected chi connectivity index (χ2v) is 4.59. The van der Waals surface area contributed by atoms with E-state index in [1.807, 2.05) is 29.9 Å². The van der Waals surface area contributed by atoms with Crippen molar-refractivity contribution in [3.63, 3.8) is 0 Å². The number of rotatable bonds is 8. The van der Waals surface area contributed by atoms with Crippen LogP contribution in [0.15, 0.2) is 18.3 Å². The number of aromatic nitrogens is 1. The van der Waals surface area contributed by atoms with Crippen LogP contribution in [0.2, 0.25) is 0 Å². The average molecular weight is 252 g/mol. The van der Waals surface area contributed by atoms with Crippen molar-refractivity contribution in [3.8, 4) is 0 Å². The van der Waals surface area contributed by atoms with Gasteiger partial charge in [-0.15, -0.1) is 0 Å². The fourth-order valence-electron chi connectivity index (χ4n) is 2.34. The molecular formula is C14H24N2O2. The molecule has 18 heavy (non-hydrogen) atoms. The van der Waals surface area contributed by atoms with Crippen molar-refractivity contribution in [2.24, 2.45) is 7.05 Å². The number of hydrogen-bond donors (Lipinski definition) is 1. The highest BCUT2D eigenvalue weighted by Gasteiger charge is 2.19. The molecule has 4 heteroatoms. The number of Topliss-reactive ketones (excluding diaryl/α,β-unsaturated/α-hetero) is 1. The van der Waals surface area contributed by atoms with Crippen molar-refractivity contribution >= 4 is 5.78 Å². The molecule has 1 aromatic heterocycles. The Morgan fingerprint density at radius 1 is 1.44 bits per heavy atom. The van der Waals surface area contributed by atoms with Gasteiger partial charge in [-0.05, 0) is 25.0 Å². The van der Waals surface area contributed by atoms with Crippen LogP contribution >= 0.6 is 0 Å². The van der Waals surface area contributed by atoms with Gasteiger partial charge in [0.15, 0.2) is 5.78 Å². The van der Waals surface area contributed by atoms with Crippen molar-refractivity contribution in [2.75, 3.05) is 19.7 Å². The Labute approximate surface area is 109 Å². The maximum absolute atomic E-state index is 12.2. The molecule has 1 heterocycles. The van der Waals surface area contributed by atoms with Crippen LogP contribution in [0, 0.1) is 0 Å². The molecule has 102 valence electrons. The van der Waals surface area contributed by atoms with Gasteiger partial charge in [0.05, 0.1) is 18.8 Å². The number of aliphatic hydroxyl groups is 1. The lowest BCUT2D eigenvalue weighted by molar-refractivity contribution is 0.0842. The van der Waals surface area contributed by atoms with Crippen LogP contribution < -0.4 is 0 Å². The summed E-state index contributed by atoms with van der Waals surface area (Å²) in [6.07, 6.45) is 3.87. The van der Waals surface area contributed by atoms with E-state index in [4.69, 9.17) is 5.11 Å².